The minimum absolute atomic E-state index is 0.00981. The molecule has 3 aliphatic heterocycles. The second-order valence-electron chi connectivity index (χ2n) is 11.8. The minimum atomic E-state index is -0.505. The van der Waals surface area contributed by atoms with Crippen molar-refractivity contribution in [2.24, 2.45) is 5.41 Å². The van der Waals surface area contributed by atoms with E-state index in [1.165, 1.54) is 16.6 Å². The first-order chi connectivity index (χ1) is 22.6. The zero-order chi connectivity index (χ0) is 32.2. The van der Waals surface area contributed by atoms with Crippen molar-refractivity contribution in [1.82, 2.24) is 14.8 Å². The Bertz CT molecular complexity index is 1330. The molecule has 2 atom stereocenters. The number of carbonyl (C=O) groups excluding carboxylic acids is 2. The lowest BCUT2D eigenvalue weighted by atomic mass is 9.66. The maximum atomic E-state index is 13.7. The van der Waals surface area contributed by atoms with E-state index in [2.05, 4.69) is 46.0 Å². The van der Waals surface area contributed by atoms with Crippen molar-refractivity contribution in [3.05, 3.63) is 41.6 Å². The number of nitrogens with zero attached hydrogens (tertiary/aromatic N) is 2. The molecule has 254 valence electrons. The number of aliphatic hydroxyl groups is 1. The third-order valence-corrected chi connectivity index (χ3v) is 9.09. The van der Waals surface area contributed by atoms with E-state index in [9.17, 15) is 9.59 Å². The van der Waals surface area contributed by atoms with Crippen LogP contribution in [0, 0.1) is 5.41 Å². The van der Waals surface area contributed by atoms with E-state index in [1.807, 2.05) is 6.07 Å². The van der Waals surface area contributed by atoms with Gasteiger partial charge in [0.05, 0.1) is 84.2 Å². The molecule has 1 fully saturated rings. The number of aromatic nitrogens is 1. The van der Waals surface area contributed by atoms with Crippen LogP contribution in [0.25, 0.3) is 16.6 Å². The first-order valence-corrected chi connectivity index (χ1v) is 16.6. The first kappa shape index (κ1) is 34.5. The largest absolute Gasteiger partial charge is 0.462 e. The highest BCUT2D eigenvalue weighted by Crippen LogP contribution is 2.56. The molecule has 2 aromatic rings. The van der Waals surface area contributed by atoms with E-state index >= 15 is 0 Å². The molecule has 0 aliphatic carbocycles. The van der Waals surface area contributed by atoms with E-state index in [1.54, 1.807) is 0 Å². The van der Waals surface area contributed by atoms with Gasteiger partial charge >= 0.3 is 5.97 Å². The summed E-state index contributed by atoms with van der Waals surface area (Å²) in [7, 11) is 0. The number of benzene rings is 1. The summed E-state index contributed by atoms with van der Waals surface area (Å²) in [6.07, 6.45) is 6.27. The number of hydrogen-bond acceptors (Lipinski definition) is 10. The fraction of sp³-hybridized carbons (Fsp3) is 0.647. The van der Waals surface area contributed by atoms with Gasteiger partial charge in [0.15, 0.2) is 0 Å². The summed E-state index contributed by atoms with van der Waals surface area (Å²) >= 11 is 0. The van der Waals surface area contributed by atoms with Crippen molar-refractivity contribution >= 4 is 28.5 Å². The molecule has 0 spiro atoms. The average Bonchev–Trinajstić information content (AvgIpc) is 3.42. The van der Waals surface area contributed by atoms with Crippen LogP contribution >= 0.6 is 0 Å². The molecule has 0 unspecified atom stereocenters. The number of hydrogen-bond donors (Lipinski definition) is 2. The average molecular weight is 644 g/mol. The number of ether oxygens (including phenoxy) is 6. The fourth-order valence-electron chi connectivity index (χ4n) is 7.00. The minimum Gasteiger partial charge on any atom is -0.462 e. The zero-order valence-corrected chi connectivity index (χ0v) is 27.0. The van der Waals surface area contributed by atoms with Gasteiger partial charge in [0.25, 0.3) is 5.91 Å². The van der Waals surface area contributed by atoms with Crippen molar-refractivity contribution < 1.29 is 43.1 Å². The van der Waals surface area contributed by atoms with Gasteiger partial charge in [-0.3, -0.25) is 14.5 Å². The third-order valence-electron chi connectivity index (χ3n) is 9.09. The summed E-state index contributed by atoms with van der Waals surface area (Å²) in [6, 6.07) is 8.61. The van der Waals surface area contributed by atoms with Gasteiger partial charge in [-0.15, -0.1) is 0 Å². The molecule has 3 aliphatic rings. The van der Waals surface area contributed by atoms with Gasteiger partial charge in [-0.25, -0.2) is 0 Å². The highest BCUT2D eigenvalue weighted by Gasteiger charge is 2.51. The summed E-state index contributed by atoms with van der Waals surface area (Å²) < 4.78 is 34.2. The quantitative estimate of drug-likeness (QED) is 0.154. The third kappa shape index (κ3) is 8.17. The van der Waals surface area contributed by atoms with Crippen molar-refractivity contribution in [2.75, 3.05) is 98.9 Å². The second kappa shape index (κ2) is 17.4. The molecule has 5 rings (SSSR count). The van der Waals surface area contributed by atoms with Gasteiger partial charge in [-0.2, -0.15) is 0 Å². The molecule has 1 aromatic carbocycles. The van der Waals surface area contributed by atoms with E-state index in [0.717, 1.165) is 44.3 Å². The summed E-state index contributed by atoms with van der Waals surface area (Å²) in [6.45, 7) is 8.31. The van der Waals surface area contributed by atoms with Crippen molar-refractivity contribution in [2.45, 2.75) is 38.6 Å². The molecular formula is C34H49N3O9. The van der Waals surface area contributed by atoms with Gasteiger partial charge in [0, 0.05) is 23.0 Å². The number of amides is 1. The molecule has 12 heteroatoms. The first-order valence-electron chi connectivity index (χ1n) is 16.6. The Morgan fingerprint density at radius 2 is 1.52 bits per heavy atom. The summed E-state index contributed by atoms with van der Waals surface area (Å²) in [5.41, 5.74) is 4.15. The number of rotatable bonds is 21. The summed E-state index contributed by atoms with van der Waals surface area (Å²) in [4.78, 5) is 28.8. The Labute approximate surface area is 270 Å². The highest BCUT2D eigenvalue weighted by molar-refractivity contribution is 6.17. The number of para-hydroxylation sites is 1. The van der Waals surface area contributed by atoms with Gasteiger partial charge < -0.3 is 43.4 Å². The molecule has 1 amide bonds. The molecule has 12 nitrogen and oxygen atoms in total. The van der Waals surface area contributed by atoms with Crippen LogP contribution in [0.4, 0.5) is 0 Å². The SMILES string of the molecule is CC[C@@]12C=C(C(=O)NCC(=O)OCCOCCOCCOCCOCCOCCO)n3c4c(c5ccccc53)CCN(CCC1)[C@H]42. The number of fused-ring (bicyclic) bond motifs is 3. The van der Waals surface area contributed by atoms with Crippen molar-refractivity contribution in [1.29, 1.82) is 0 Å². The van der Waals surface area contributed by atoms with Gasteiger partial charge in [0.2, 0.25) is 0 Å². The topological polar surface area (TPSA) is 130 Å². The van der Waals surface area contributed by atoms with Crippen molar-refractivity contribution in [3.63, 3.8) is 0 Å². The van der Waals surface area contributed by atoms with E-state index in [0.29, 0.717) is 65.2 Å². The van der Waals surface area contributed by atoms with E-state index < -0.39 is 5.97 Å². The van der Waals surface area contributed by atoms with Crippen LogP contribution in [0.3, 0.4) is 0 Å². The normalized spacial score (nSPS) is 20.4. The van der Waals surface area contributed by atoms with Crippen LogP contribution in [0.5, 0.6) is 0 Å². The molecule has 2 N–H and O–H groups in total. The van der Waals surface area contributed by atoms with Gasteiger partial charge in [-0.1, -0.05) is 25.1 Å². The summed E-state index contributed by atoms with van der Waals surface area (Å²) in [5, 5.41) is 12.7. The molecule has 1 aromatic heterocycles. The van der Waals surface area contributed by atoms with Crippen LogP contribution in [0.15, 0.2) is 30.3 Å². The lowest BCUT2D eigenvalue weighted by Crippen LogP contribution is -2.51. The second-order valence-corrected chi connectivity index (χ2v) is 11.8. The lowest BCUT2D eigenvalue weighted by molar-refractivity contribution is -0.145. The van der Waals surface area contributed by atoms with Gasteiger partial charge in [-0.05, 0) is 49.9 Å². The smallest absolute Gasteiger partial charge is 0.325 e. The Balaban J connectivity index is 0.998. The molecule has 0 bridgehead atoms. The zero-order valence-electron chi connectivity index (χ0n) is 27.0. The van der Waals surface area contributed by atoms with Crippen LogP contribution in [0.1, 0.15) is 43.5 Å². The maximum absolute atomic E-state index is 13.7. The van der Waals surface area contributed by atoms with Crippen LogP contribution < -0.4 is 5.32 Å². The molecule has 4 heterocycles. The standard InChI is InChI=1S/C34H49N3O9/c1-2-34-9-5-10-36-11-8-27-26-6-3-4-7-28(26)37(31(27)32(34)36)29(24-34)33(40)35-25-30(39)46-23-22-45-21-20-44-19-18-43-17-16-42-15-14-41-13-12-38/h3-4,6-7,24,32,38H,2,5,8-23,25H2,1H3,(H,35,40)/t32-,34+/m1/s1. The Morgan fingerprint density at radius 3 is 2.17 bits per heavy atom. The van der Waals surface area contributed by atoms with E-state index in [-0.39, 0.29) is 43.7 Å². The monoisotopic (exact) mass is 643 g/mol. The van der Waals surface area contributed by atoms with Gasteiger partial charge in [0.1, 0.15) is 18.8 Å². The highest BCUT2D eigenvalue weighted by atomic mass is 16.6. The predicted octanol–water partition coefficient (Wildman–Crippen LogP) is 2.32. The number of nitrogens with one attached hydrogen (secondary N) is 1. The number of aliphatic hydroxyl groups excluding tert-OH is 1. The number of esters is 1. The van der Waals surface area contributed by atoms with Crippen molar-refractivity contribution in [3.8, 4) is 0 Å². The fourth-order valence-corrected chi connectivity index (χ4v) is 7.00. The molecule has 1 saturated heterocycles. The predicted molar refractivity (Wildman–Crippen MR) is 171 cm³/mol. The number of piperidine rings is 1. The molecule has 46 heavy (non-hydrogen) atoms. The molecule has 0 radical (unpaired) electrons. The molecular weight excluding hydrogens is 594 g/mol. The lowest BCUT2D eigenvalue weighted by Gasteiger charge is -2.53. The Kier molecular flexibility index (Phi) is 13.0. The number of carbonyl (C=O) groups is 2. The van der Waals surface area contributed by atoms with E-state index in [4.69, 9.17) is 33.5 Å². The van der Waals surface area contributed by atoms with Crippen LogP contribution in [0.2, 0.25) is 0 Å². The Hall–Kier alpha value is -2.84. The maximum Gasteiger partial charge on any atom is 0.325 e. The molecule has 0 saturated carbocycles. The van der Waals surface area contributed by atoms with Crippen LogP contribution in [-0.2, 0) is 44.4 Å². The van der Waals surface area contributed by atoms with Crippen LogP contribution in [-0.4, -0.2) is 125 Å². The Morgan fingerprint density at radius 1 is 0.891 bits per heavy atom. The summed E-state index contributed by atoms with van der Waals surface area (Å²) in [5.74, 6) is -0.766.